The molecule has 5 aliphatic heterocycles. The van der Waals surface area contributed by atoms with E-state index in [1.807, 2.05) is 38.8 Å². The predicted molar refractivity (Wildman–Crippen MR) is 318 cm³/mol. The van der Waals surface area contributed by atoms with Crippen molar-refractivity contribution < 1.29 is 14.4 Å². The molecular weight excluding hydrogens is 979 g/mol. The first-order chi connectivity index (χ1) is 36.8. The van der Waals surface area contributed by atoms with Crippen LogP contribution < -0.4 is 4.90 Å². The third-order valence-corrected chi connectivity index (χ3v) is 16.7. The summed E-state index contributed by atoms with van der Waals surface area (Å²) in [6.07, 6.45) is 11.4. The summed E-state index contributed by atoms with van der Waals surface area (Å²) in [7, 11) is 9.00. The molecule has 2 bridgehead atoms. The van der Waals surface area contributed by atoms with Crippen LogP contribution in [0.1, 0.15) is 119 Å². The number of fused-ring (bicyclic) bond motifs is 9. The Morgan fingerprint density at radius 2 is 1.56 bits per heavy atom. The zero-order chi connectivity index (χ0) is 55.9. The Morgan fingerprint density at radius 3 is 2.05 bits per heavy atom. The molecule has 14 nitrogen and oxygen atoms in total. The highest BCUT2D eigenvalue weighted by Gasteiger charge is 2.48. The van der Waals surface area contributed by atoms with Crippen molar-refractivity contribution in [3.05, 3.63) is 136 Å². The van der Waals surface area contributed by atoms with Crippen molar-refractivity contribution in [1.29, 1.82) is 0 Å². The molecular formula is C62H85N11O3S. The minimum Gasteiger partial charge on any atom is -0.399 e. The Labute approximate surface area is 463 Å². The number of hydrogen-bond donors (Lipinski definition) is 0. The number of allylic oxidation sites excluding steroid dienone is 1. The summed E-state index contributed by atoms with van der Waals surface area (Å²) in [4.78, 5) is 33.9. The van der Waals surface area contributed by atoms with Gasteiger partial charge in [-0.3, -0.25) is 28.8 Å². The lowest BCUT2D eigenvalue weighted by molar-refractivity contribution is -0.137. The largest absolute Gasteiger partial charge is 0.399 e. The number of oxime groups is 1. The molecule has 0 spiro atoms. The average molecular weight is 1060 g/mol. The van der Waals surface area contributed by atoms with Gasteiger partial charge >= 0.3 is 0 Å². The zero-order valence-electron chi connectivity index (χ0n) is 48.6. The number of azo groups is 1. The monoisotopic (exact) mass is 1060 g/mol. The molecule has 7 aliphatic rings. The molecule has 15 heteroatoms. The Balaban J connectivity index is 0.000000156. The van der Waals surface area contributed by atoms with E-state index in [9.17, 15) is 9.59 Å². The number of para-hydroxylation sites is 1. The fraction of sp³-hybridized carbons (Fsp3) is 0.500. The van der Waals surface area contributed by atoms with Gasteiger partial charge in [0.05, 0.1) is 24.0 Å². The number of aliphatic imine (C=N–C) groups is 1. The second-order valence-corrected chi connectivity index (χ2v) is 23.0. The minimum atomic E-state index is -0.0949. The van der Waals surface area contributed by atoms with Gasteiger partial charge in [0.25, 0.3) is 0 Å². The van der Waals surface area contributed by atoms with Crippen LogP contribution in [0.3, 0.4) is 0 Å². The van der Waals surface area contributed by atoms with E-state index in [1.165, 1.54) is 94.4 Å². The molecule has 0 radical (unpaired) electrons. The lowest BCUT2D eigenvalue weighted by atomic mass is 9.75. The van der Waals surface area contributed by atoms with E-state index >= 15 is 0 Å². The number of aromatic nitrogens is 5. The molecule has 77 heavy (non-hydrogen) atoms. The average Bonchev–Trinajstić information content (AvgIpc) is 4.32. The van der Waals surface area contributed by atoms with Gasteiger partial charge in [-0.2, -0.15) is 27.1 Å². The van der Waals surface area contributed by atoms with E-state index in [4.69, 9.17) is 0 Å². The number of nitrogens with zero attached hydrogens (tertiary/aromatic N) is 11. The van der Waals surface area contributed by atoms with Crippen molar-refractivity contribution in [2.45, 2.75) is 119 Å². The molecule has 2 saturated heterocycles. The van der Waals surface area contributed by atoms with E-state index in [-0.39, 0.29) is 23.8 Å². The highest BCUT2D eigenvalue weighted by Crippen LogP contribution is 2.57. The molecule has 8 unspecified atom stereocenters. The molecule has 8 atom stereocenters. The topological polar surface area (TPSA) is 148 Å². The van der Waals surface area contributed by atoms with Crippen LogP contribution in [0.25, 0.3) is 16.8 Å². The van der Waals surface area contributed by atoms with Crippen LogP contribution in [0.2, 0.25) is 0 Å². The predicted octanol–water partition coefficient (Wildman–Crippen LogP) is 12.7. The maximum absolute atomic E-state index is 10.8. The Morgan fingerprint density at radius 1 is 0.857 bits per heavy atom. The molecule has 2 aliphatic carbocycles. The summed E-state index contributed by atoms with van der Waals surface area (Å²) >= 11 is 2.11. The number of carbonyl (C=O) groups is 2. The molecule has 5 aromatic rings. The summed E-state index contributed by atoms with van der Waals surface area (Å²) in [5.74, 6) is 5.41. The Bertz CT molecular complexity index is 2890. The number of imide groups is 1. The fourth-order valence-electron chi connectivity index (χ4n) is 11.3. The number of carbonyl (C=O) groups excluding carboxylic acids is 2. The molecule has 2 amide bonds. The first kappa shape index (κ1) is 59.8. The van der Waals surface area contributed by atoms with Crippen molar-refractivity contribution in [3.8, 4) is 0 Å². The zero-order valence-corrected chi connectivity index (χ0v) is 49.4. The fourth-order valence-corrected chi connectivity index (χ4v) is 12.6. The van der Waals surface area contributed by atoms with Gasteiger partial charge in [-0.1, -0.05) is 118 Å². The number of hydrogen-bond acceptors (Lipinski definition) is 12. The number of benzene rings is 3. The molecule has 0 N–H and O–H groups in total. The second kappa shape index (κ2) is 28.2. The highest BCUT2D eigenvalue weighted by molar-refractivity contribution is 8.00. The summed E-state index contributed by atoms with van der Waals surface area (Å²) in [5, 5.41) is 24.8. The Hall–Kier alpha value is -6.48. The van der Waals surface area contributed by atoms with Crippen LogP contribution in [0.15, 0.2) is 111 Å². The summed E-state index contributed by atoms with van der Waals surface area (Å²) in [6.45, 7) is 22.8. The van der Waals surface area contributed by atoms with Crippen LogP contribution in [-0.4, -0.2) is 98.7 Å². The summed E-state index contributed by atoms with van der Waals surface area (Å²) in [5.41, 5.74) is 16.7. The van der Waals surface area contributed by atoms with E-state index in [2.05, 4.69) is 191 Å². The molecule has 3 aromatic carbocycles. The van der Waals surface area contributed by atoms with Gasteiger partial charge in [0.1, 0.15) is 12.8 Å². The lowest BCUT2D eigenvalue weighted by Crippen LogP contribution is -2.24. The lowest BCUT2D eigenvalue weighted by Gasteiger charge is -2.31. The molecule has 4 fully saturated rings. The van der Waals surface area contributed by atoms with Crippen LogP contribution in [-0.2, 0) is 41.5 Å². The third kappa shape index (κ3) is 15.6. The van der Waals surface area contributed by atoms with Crippen LogP contribution in [0, 0.1) is 56.3 Å². The van der Waals surface area contributed by atoms with E-state index in [0.29, 0.717) is 12.3 Å². The van der Waals surface area contributed by atoms with Gasteiger partial charge in [-0.05, 0) is 124 Å². The minimum absolute atomic E-state index is 0.0556. The van der Waals surface area contributed by atoms with Crippen molar-refractivity contribution in [2.75, 3.05) is 38.4 Å². The number of thioether (sulfide) groups is 1. The van der Waals surface area contributed by atoms with Gasteiger partial charge in [-0.15, -0.1) is 10.3 Å². The first-order valence-electron chi connectivity index (χ1n) is 27.4. The van der Waals surface area contributed by atoms with E-state index in [1.54, 1.807) is 30.3 Å². The highest BCUT2D eigenvalue weighted by atomic mass is 32.2. The van der Waals surface area contributed by atoms with Crippen LogP contribution >= 0.6 is 11.8 Å². The first-order valence-corrected chi connectivity index (χ1v) is 28.5. The van der Waals surface area contributed by atoms with Gasteiger partial charge in [-0.25, -0.2) is 0 Å². The molecule has 12 rings (SSSR count). The van der Waals surface area contributed by atoms with Crippen LogP contribution in [0.5, 0.6) is 0 Å². The molecule has 2 saturated carbocycles. The quantitative estimate of drug-likeness (QED) is 0.0985. The smallest absolute Gasteiger partial charge is 0.232 e. The number of dihydropyridines is 1. The molecule has 7 heterocycles. The van der Waals surface area contributed by atoms with Crippen molar-refractivity contribution in [1.82, 2.24) is 29.7 Å². The number of aryl methyl sites for hydroxylation is 6. The number of amides is 2. The Kier molecular flexibility index (Phi) is 21.9. The molecule has 2 aromatic heterocycles. The van der Waals surface area contributed by atoms with Crippen molar-refractivity contribution in [3.63, 3.8) is 0 Å². The van der Waals surface area contributed by atoms with Crippen molar-refractivity contribution in [2.24, 2.45) is 70.0 Å². The normalized spacial score (nSPS) is 23.9. The maximum atomic E-state index is 10.8. The molecule has 412 valence electrons. The van der Waals surface area contributed by atoms with Gasteiger partial charge in [0.15, 0.2) is 0 Å². The standard InChI is InChI=1S/C18H17N3.C18H21N.C7H12N2.C6H9NO2.C6H12S.C4H7N3.C3H7NO/c1-12-17-14-8-4-3-7-13(14)11-21(2)16-10-6-5-9-15(16)18(17)20-19-12;1-11-3-5-13(6-4-11)16-9-19-10-17-14-7-12(2)15(8-14)18(16)17;1-4-7-5-6(2)8-9(7)3;1-4-3-5(8)7(2)6(4)9;1-5-3-6(2)7-4-5;1-4-3-7(2)6-5-4;1-3-4-5-2/h3-10,12H,11H2,1-2H3;3-6,10,12,14-15,17H,7-9H2,1-2H3;5H,4H2,1-3H3;4H,3H2,1-2H3;5-6H,3-4H2,1-2H3;3H,1-2H3;3H,1-2H3/b;;;;;;4-3+. The number of anilines is 1. The van der Waals surface area contributed by atoms with E-state index < -0.39 is 0 Å². The van der Waals surface area contributed by atoms with Crippen molar-refractivity contribution >= 4 is 58.5 Å². The summed E-state index contributed by atoms with van der Waals surface area (Å²) < 4.78 is 3.60. The van der Waals surface area contributed by atoms with E-state index in [0.717, 1.165) is 65.5 Å². The van der Waals surface area contributed by atoms with Crippen LogP contribution in [0.4, 0.5) is 5.69 Å². The van der Waals surface area contributed by atoms with Gasteiger partial charge in [0.2, 0.25) is 11.8 Å². The SMILES string of the molecule is C/C=N/OC.CC1CC(=O)N(C)C1=O.CC1CSC(C)C1.CC1N=NC2=C1c1ccccc1CN(C)c1ccccc12.CCc1cc(C)nn1C.Cc1ccc(C2=C3C(C=NC2)C2CC(C)C3C2)cc1.Cc1cn(C)nn1. The second-order valence-electron chi connectivity index (χ2n) is 21.5. The number of likely N-dealkylation sites (tertiary alicyclic amines) is 1. The summed E-state index contributed by atoms with van der Waals surface area (Å²) in [6, 6.07) is 28.3. The van der Waals surface area contributed by atoms with Gasteiger partial charge in [0, 0.05) is 99.4 Å². The van der Waals surface area contributed by atoms with Gasteiger partial charge < -0.3 is 9.74 Å². The number of rotatable bonds is 3. The maximum Gasteiger partial charge on any atom is 0.232 e. The third-order valence-electron chi connectivity index (χ3n) is 15.1.